The molecule has 19 heavy (non-hydrogen) atoms. The summed E-state index contributed by atoms with van der Waals surface area (Å²) in [5.41, 5.74) is 4.89. The third-order valence-corrected chi connectivity index (χ3v) is 2.67. The first-order valence-electron chi connectivity index (χ1n) is 6.02. The van der Waals surface area contributed by atoms with Crippen molar-refractivity contribution < 1.29 is 19.1 Å². The highest BCUT2D eigenvalue weighted by Crippen LogP contribution is 2.23. The molecular weight excluding hydrogens is 251 g/mol. The van der Waals surface area contributed by atoms with Crippen LogP contribution in [0.2, 0.25) is 0 Å². The Balaban J connectivity index is 3.16. The van der Waals surface area contributed by atoms with Crippen LogP contribution >= 0.6 is 0 Å². The number of carboxylic acids is 1. The van der Waals surface area contributed by atoms with Gasteiger partial charge in [-0.1, -0.05) is 19.4 Å². The SMILES string of the molecule is CCCCN(CC(N)=O)c1cccc(F)c1C(=O)O. The minimum atomic E-state index is -1.36. The molecule has 0 aromatic heterocycles. The fourth-order valence-corrected chi connectivity index (χ4v) is 1.81. The number of primary amides is 1. The number of halogens is 1. The first-order valence-corrected chi connectivity index (χ1v) is 6.02. The molecule has 1 amide bonds. The molecule has 1 aromatic carbocycles. The van der Waals surface area contributed by atoms with Gasteiger partial charge in [0.1, 0.15) is 11.4 Å². The Kier molecular flexibility index (Phi) is 5.29. The van der Waals surface area contributed by atoms with Crippen LogP contribution in [0, 0.1) is 5.82 Å². The molecule has 1 rings (SSSR count). The average molecular weight is 268 g/mol. The van der Waals surface area contributed by atoms with E-state index in [2.05, 4.69) is 0 Å². The number of hydrogen-bond acceptors (Lipinski definition) is 3. The average Bonchev–Trinajstić information content (AvgIpc) is 2.33. The number of amides is 1. The van der Waals surface area contributed by atoms with Gasteiger partial charge in [0.2, 0.25) is 5.91 Å². The van der Waals surface area contributed by atoms with Crippen LogP contribution in [-0.4, -0.2) is 30.1 Å². The lowest BCUT2D eigenvalue weighted by Crippen LogP contribution is -2.35. The summed E-state index contributed by atoms with van der Waals surface area (Å²) >= 11 is 0. The van der Waals surface area contributed by atoms with Crippen LogP contribution in [0.25, 0.3) is 0 Å². The molecule has 5 nitrogen and oxygen atoms in total. The van der Waals surface area contributed by atoms with Gasteiger partial charge in [-0.3, -0.25) is 4.79 Å². The monoisotopic (exact) mass is 268 g/mol. The van der Waals surface area contributed by atoms with Crippen molar-refractivity contribution >= 4 is 17.6 Å². The smallest absolute Gasteiger partial charge is 0.340 e. The molecule has 0 atom stereocenters. The predicted octanol–water partition coefficient (Wildman–Crippen LogP) is 1.62. The van der Waals surface area contributed by atoms with Crippen molar-refractivity contribution in [2.75, 3.05) is 18.0 Å². The zero-order valence-electron chi connectivity index (χ0n) is 10.7. The first kappa shape index (κ1) is 14.9. The van der Waals surface area contributed by atoms with Crippen LogP contribution in [0.15, 0.2) is 18.2 Å². The molecule has 0 saturated carbocycles. The molecule has 0 saturated heterocycles. The molecule has 104 valence electrons. The highest BCUT2D eigenvalue weighted by molar-refractivity contribution is 5.95. The summed E-state index contributed by atoms with van der Waals surface area (Å²) in [6.45, 7) is 2.28. The summed E-state index contributed by atoms with van der Waals surface area (Å²) in [6.07, 6.45) is 1.62. The van der Waals surface area contributed by atoms with E-state index in [-0.39, 0.29) is 12.2 Å². The molecule has 0 radical (unpaired) electrons. The van der Waals surface area contributed by atoms with Gasteiger partial charge in [-0.15, -0.1) is 0 Å². The minimum absolute atomic E-state index is 0.135. The zero-order chi connectivity index (χ0) is 14.4. The van der Waals surface area contributed by atoms with Gasteiger partial charge in [0.15, 0.2) is 0 Å². The Labute approximate surface area is 110 Å². The molecular formula is C13H17FN2O3. The van der Waals surface area contributed by atoms with Crippen molar-refractivity contribution in [1.82, 2.24) is 0 Å². The van der Waals surface area contributed by atoms with Crippen LogP contribution in [0.5, 0.6) is 0 Å². The van der Waals surface area contributed by atoms with E-state index in [1.165, 1.54) is 17.0 Å². The maximum atomic E-state index is 13.6. The molecule has 0 bridgehead atoms. The van der Waals surface area contributed by atoms with Crippen LogP contribution < -0.4 is 10.6 Å². The molecule has 0 unspecified atom stereocenters. The summed E-state index contributed by atoms with van der Waals surface area (Å²) in [5.74, 6) is -2.77. The second kappa shape index (κ2) is 6.72. The number of unbranched alkanes of at least 4 members (excludes halogenated alkanes) is 1. The van der Waals surface area contributed by atoms with E-state index in [9.17, 15) is 14.0 Å². The number of rotatable bonds is 7. The van der Waals surface area contributed by atoms with E-state index < -0.39 is 23.3 Å². The van der Waals surface area contributed by atoms with Crippen LogP contribution in [0.1, 0.15) is 30.1 Å². The molecule has 0 aliphatic rings. The van der Waals surface area contributed by atoms with Crippen molar-refractivity contribution in [2.24, 2.45) is 5.73 Å². The topological polar surface area (TPSA) is 83.6 Å². The normalized spacial score (nSPS) is 10.2. The molecule has 0 aliphatic carbocycles. The van der Waals surface area contributed by atoms with E-state index in [1.807, 2.05) is 6.92 Å². The third-order valence-electron chi connectivity index (χ3n) is 2.67. The molecule has 0 heterocycles. The highest BCUT2D eigenvalue weighted by Gasteiger charge is 2.20. The second-order valence-corrected chi connectivity index (χ2v) is 4.18. The summed E-state index contributed by atoms with van der Waals surface area (Å²) in [7, 11) is 0. The van der Waals surface area contributed by atoms with Crippen molar-refractivity contribution in [1.29, 1.82) is 0 Å². The Morgan fingerprint density at radius 3 is 2.63 bits per heavy atom. The Morgan fingerprint density at radius 2 is 2.11 bits per heavy atom. The summed E-state index contributed by atoms with van der Waals surface area (Å²) < 4.78 is 13.6. The number of nitrogens with two attached hydrogens (primary N) is 1. The van der Waals surface area contributed by atoms with Gasteiger partial charge < -0.3 is 15.7 Å². The Bertz CT molecular complexity index is 477. The van der Waals surface area contributed by atoms with E-state index >= 15 is 0 Å². The summed E-state index contributed by atoms with van der Waals surface area (Å²) in [6, 6.07) is 3.97. The van der Waals surface area contributed by atoms with Crippen LogP contribution in [0.3, 0.4) is 0 Å². The van der Waals surface area contributed by atoms with Crippen molar-refractivity contribution in [2.45, 2.75) is 19.8 Å². The van der Waals surface area contributed by atoms with E-state index in [0.717, 1.165) is 18.9 Å². The van der Waals surface area contributed by atoms with E-state index in [4.69, 9.17) is 10.8 Å². The van der Waals surface area contributed by atoms with Gasteiger partial charge >= 0.3 is 5.97 Å². The lowest BCUT2D eigenvalue weighted by Gasteiger charge is -2.24. The molecule has 1 aromatic rings. The molecule has 0 aliphatic heterocycles. The third kappa shape index (κ3) is 3.94. The lowest BCUT2D eigenvalue weighted by atomic mass is 10.1. The number of carboxylic acid groups (broad SMARTS) is 1. The van der Waals surface area contributed by atoms with Crippen LogP contribution in [0.4, 0.5) is 10.1 Å². The number of hydrogen-bond donors (Lipinski definition) is 2. The van der Waals surface area contributed by atoms with E-state index in [1.54, 1.807) is 0 Å². The van der Waals surface area contributed by atoms with Crippen molar-refractivity contribution in [3.63, 3.8) is 0 Å². The second-order valence-electron chi connectivity index (χ2n) is 4.18. The van der Waals surface area contributed by atoms with Crippen molar-refractivity contribution in [3.8, 4) is 0 Å². The summed E-state index contributed by atoms with van der Waals surface area (Å²) in [4.78, 5) is 23.7. The van der Waals surface area contributed by atoms with Gasteiger partial charge in [-0.2, -0.15) is 0 Å². The van der Waals surface area contributed by atoms with Gasteiger partial charge in [0.05, 0.1) is 12.2 Å². The van der Waals surface area contributed by atoms with Gasteiger partial charge in [0, 0.05) is 6.54 Å². The predicted molar refractivity (Wildman–Crippen MR) is 69.7 cm³/mol. The Hall–Kier alpha value is -2.11. The lowest BCUT2D eigenvalue weighted by molar-refractivity contribution is -0.116. The van der Waals surface area contributed by atoms with Crippen molar-refractivity contribution in [3.05, 3.63) is 29.6 Å². The zero-order valence-corrected chi connectivity index (χ0v) is 10.7. The number of aromatic carboxylic acids is 1. The maximum absolute atomic E-state index is 13.6. The quantitative estimate of drug-likeness (QED) is 0.787. The standard InChI is InChI=1S/C13H17FN2O3/c1-2-3-7-16(8-11(15)17)10-6-4-5-9(14)12(10)13(18)19/h4-6H,2-3,7-8H2,1H3,(H2,15,17)(H,18,19). The molecule has 0 fully saturated rings. The molecule has 3 N–H and O–H groups in total. The Morgan fingerprint density at radius 1 is 1.42 bits per heavy atom. The maximum Gasteiger partial charge on any atom is 0.340 e. The fraction of sp³-hybridized carbons (Fsp3) is 0.385. The molecule has 6 heteroatoms. The first-order chi connectivity index (χ1) is 8.97. The highest BCUT2D eigenvalue weighted by atomic mass is 19.1. The number of anilines is 1. The minimum Gasteiger partial charge on any atom is -0.478 e. The van der Waals surface area contributed by atoms with Gasteiger partial charge in [0.25, 0.3) is 0 Å². The summed E-state index contributed by atoms with van der Waals surface area (Å²) in [5, 5.41) is 9.07. The van der Waals surface area contributed by atoms with Crippen LogP contribution in [-0.2, 0) is 4.79 Å². The number of carbonyl (C=O) groups excluding carboxylic acids is 1. The van der Waals surface area contributed by atoms with E-state index in [0.29, 0.717) is 6.54 Å². The fourth-order valence-electron chi connectivity index (χ4n) is 1.81. The largest absolute Gasteiger partial charge is 0.478 e. The molecule has 0 spiro atoms. The number of nitrogens with zero attached hydrogens (tertiary/aromatic N) is 1. The van der Waals surface area contributed by atoms with Gasteiger partial charge in [-0.25, -0.2) is 9.18 Å². The number of benzene rings is 1. The number of carbonyl (C=O) groups is 2. The van der Waals surface area contributed by atoms with Gasteiger partial charge in [-0.05, 0) is 18.6 Å².